The van der Waals surface area contributed by atoms with Gasteiger partial charge in [0, 0.05) is 44.8 Å². The first-order valence-electron chi connectivity index (χ1n) is 12.7. The molecule has 1 atom stereocenters. The third kappa shape index (κ3) is 5.90. The maximum absolute atomic E-state index is 13.1. The number of benzene rings is 1. The van der Waals surface area contributed by atoms with E-state index in [9.17, 15) is 24.0 Å². The van der Waals surface area contributed by atoms with Crippen molar-refractivity contribution in [2.75, 3.05) is 51.1 Å². The summed E-state index contributed by atoms with van der Waals surface area (Å²) in [5.41, 5.74) is 1.13. The van der Waals surface area contributed by atoms with Gasteiger partial charge in [0.2, 0.25) is 17.7 Å². The molecule has 5 amide bonds. The molecule has 2 fully saturated rings. The molecule has 2 saturated heterocycles. The van der Waals surface area contributed by atoms with Crippen LogP contribution < -0.4 is 21.3 Å². The average Bonchev–Trinajstić information content (AvgIpc) is 3.14. The van der Waals surface area contributed by atoms with Crippen LogP contribution in [0.1, 0.15) is 59.2 Å². The van der Waals surface area contributed by atoms with Crippen molar-refractivity contribution in [3.05, 3.63) is 29.3 Å². The Kier molecular flexibility index (Phi) is 8.65. The maximum atomic E-state index is 13.1. The molecular weight excluding hydrogens is 464 g/mol. The Labute approximate surface area is 210 Å². The number of carbonyl (C=O) groups excluding carboxylic acids is 5. The first-order chi connectivity index (χ1) is 17.5. The van der Waals surface area contributed by atoms with E-state index in [0.717, 1.165) is 63.3 Å². The van der Waals surface area contributed by atoms with Crippen LogP contribution in [0.2, 0.25) is 0 Å². The number of piperidine rings is 1. The van der Waals surface area contributed by atoms with E-state index in [1.807, 2.05) is 4.90 Å². The van der Waals surface area contributed by atoms with Gasteiger partial charge in [-0.25, -0.2) is 0 Å². The molecule has 3 heterocycles. The van der Waals surface area contributed by atoms with E-state index >= 15 is 0 Å². The van der Waals surface area contributed by atoms with Crippen LogP contribution in [-0.2, 0) is 14.4 Å². The van der Waals surface area contributed by atoms with Crippen molar-refractivity contribution in [3.63, 3.8) is 0 Å². The Bertz CT molecular complexity index is 1020. The molecule has 36 heavy (non-hydrogen) atoms. The maximum Gasteiger partial charge on any atom is 0.264 e. The zero-order valence-electron chi connectivity index (χ0n) is 20.4. The summed E-state index contributed by atoms with van der Waals surface area (Å²) in [6, 6.07) is 4.10. The predicted octanol–water partition coefficient (Wildman–Crippen LogP) is 0.0815. The summed E-state index contributed by atoms with van der Waals surface area (Å²) < 4.78 is 0. The van der Waals surface area contributed by atoms with Gasteiger partial charge in [-0.2, -0.15) is 0 Å². The van der Waals surface area contributed by atoms with E-state index in [1.165, 1.54) is 0 Å². The molecule has 194 valence electrons. The number of hydrogen-bond donors (Lipinski definition) is 4. The molecule has 3 aliphatic heterocycles. The van der Waals surface area contributed by atoms with Gasteiger partial charge in [-0.15, -0.1) is 0 Å². The van der Waals surface area contributed by atoms with E-state index in [1.54, 1.807) is 18.2 Å². The van der Waals surface area contributed by atoms with Gasteiger partial charge in [-0.05, 0) is 37.9 Å². The first-order valence-corrected chi connectivity index (χ1v) is 12.7. The van der Waals surface area contributed by atoms with Crippen LogP contribution >= 0.6 is 0 Å². The number of piperazine rings is 1. The number of fused-ring (bicyclic) bond motifs is 1. The van der Waals surface area contributed by atoms with Gasteiger partial charge in [0.25, 0.3) is 11.8 Å². The van der Waals surface area contributed by atoms with E-state index in [2.05, 4.69) is 21.3 Å². The monoisotopic (exact) mass is 498 g/mol. The van der Waals surface area contributed by atoms with Gasteiger partial charge < -0.3 is 20.9 Å². The Morgan fingerprint density at radius 1 is 0.972 bits per heavy atom. The van der Waals surface area contributed by atoms with Crippen molar-refractivity contribution >= 4 is 35.2 Å². The van der Waals surface area contributed by atoms with Gasteiger partial charge >= 0.3 is 0 Å². The average molecular weight is 499 g/mol. The highest BCUT2D eigenvalue weighted by Gasteiger charge is 2.45. The molecule has 0 radical (unpaired) electrons. The number of nitrogens with zero attached hydrogens (tertiary/aromatic N) is 2. The van der Waals surface area contributed by atoms with Gasteiger partial charge in [0.15, 0.2) is 0 Å². The molecule has 4 N–H and O–H groups in total. The second-order valence-electron chi connectivity index (χ2n) is 9.32. The van der Waals surface area contributed by atoms with Crippen LogP contribution in [0, 0.1) is 0 Å². The Morgan fingerprint density at radius 2 is 1.72 bits per heavy atom. The second kappa shape index (κ2) is 12.1. The molecule has 0 saturated carbocycles. The summed E-state index contributed by atoms with van der Waals surface area (Å²) >= 11 is 0. The molecule has 1 aromatic carbocycles. The lowest BCUT2D eigenvalue weighted by molar-refractivity contribution is -0.136. The molecule has 0 spiro atoms. The molecular formula is C25H34N6O5. The smallest absolute Gasteiger partial charge is 0.264 e. The Hall–Kier alpha value is -3.31. The van der Waals surface area contributed by atoms with Gasteiger partial charge in [-0.3, -0.25) is 34.2 Å². The molecule has 11 nitrogen and oxygen atoms in total. The van der Waals surface area contributed by atoms with Crippen LogP contribution in [0.3, 0.4) is 0 Å². The highest BCUT2D eigenvalue weighted by Crippen LogP contribution is 2.32. The van der Waals surface area contributed by atoms with Crippen LogP contribution in [0.25, 0.3) is 0 Å². The van der Waals surface area contributed by atoms with Gasteiger partial charge in [-0.1, -0.05) is 18.9 Å². The van der Waals surface area contributed by atoms with Crippen molar-refractivity contribution in [3.8, 4) is 0 Å². The normalized spacial score (nSPS) is 19.9. The third-order valence-corrected chi connectivity index (χ3v) is 6.81. The van der Waals surface area contributed by atoms with Crippen LogP contribution in [0.4, 0.5) is 5.69 Å². The summed E-state index contributed by atoms with van der Waals surface area (Å²) in [4.78, 5) is 64.7. The zero-order chi connectivity index (χ0) is 25.5. The fourth-order valence-corrected chi connectivity index (χ4v) is 4.84. The number of carbonyl (C=O) groups is 5. The van der Waals surface area contributed by atoms with E-state index in [4.69, 9.17) is 0 Å². The summed E-state index contributed by atoms with van der Waals surface area (Å²) in [6.45, 7) is 5.07. The van der Waals surface area contributed by atoms with Crippen molar-refractivity contribution in [2.45, 2.75) is 44.6 Å². The summed E-state index contributed by atoms with van der Waals surface area (Å²) in [5.74, 6) is -1.86. The van der Waals surface area contributed by atoms with Crippen LogP contribution in [0.5, 0.6) is 0 Å². The van der Waals surface area contributed by atoms with Gasteiger partial charge in [0.05, 0.1) is 17.7 Å². The fourth-order valence-electron chi connectivity index (χ4n) is 4.84. The van der Waals surface area contributed by atoms with E-state index in [-0.39, 0.29) is 29.9 Å². The highest BCUT2D eigenvalue weighted by atomic mass is 16.2. The Balaban J connectivity index is 1.17. The largest absolute Gasteiger partial charge is 0.384 e. The van der Waals surface area contributed by atoms with Crippen molar-refractivity contribution in [2.24, 2.45) is 0 Å². The van der Waals surface area contributed by atoms with E-state index < -0.39 is 29.7 Å². The number of unbranched alkanes of at least 4 members (excludes halogenated alkanes) is 3. The minimum atomic E-state index is -0.969. The SMILES string of the molecule is O=C1CCC(N2C(=O)c3cccc(NCCCCCCNCC(=O)N4CCNCC4)c3C2=O)C(=O)N1. The number of imide groups is 2. The van der Waals surface area contributed by atoms with Crippen molar-refractivity contribution in [1.82, 2.24) is 25.8 Å². The molecule has 0 aromatic heterocycles. The zero-order valence-corrected chi connectivity index (χ0v) is 20.4. The molecule has 4 rings (SSSR count). The van der Waals surface area contributed by atoms with Crippen molar-refractivity contribution < 1.29 is 24.0 Å². The summed E-state index contributed by atoms with van der Waals surface area (Å²) in [5, 5.41) is 11.9. The second-order valence-corrected chi connectivity index (χ2v) is 9.32. The molecule has 0 bridgehead atoms. The first kappa shape index (κ1) is 25.8. The quantitative estimate of drug-likeness (QED) is 0.249. The highest BCUT2D eigenvalue weighted by molar-refractivity contribution is 6.25. The number of rotatable bonds is 11. The third-order valence-electron chi connectivity index (χ3n) is 6.81. The lowest BCUT2D eigenvalue weighted by Crippen LogP contribution is -2.54. The van der Waals surface area contributed by atoms with Crippen LogP contribution in [-0.4, -0.2) is 91.2 Å². The molecule has 1 unspecified atom stereocenters. The summed E-state index contributed by atoms with van der Waals surface area (Å²) in [6.07, 6.45) is 4.11. The van der Waals surface area contributed by atoms with Gasteiger partial charge in [0.1, 0.15) is 6.04 Å². The standard InChI is InChI=1S/C25H34N6O5/c32-20-9-8-19(23(34)29-20)31-24(35)17-6-5-7-18(22(17)25(31)36)28-11-4-2-1-3-10-27-16-21(33)30-14-12-26-13-15-30/h5-7,19,26-28H,1-4,8-16H2,(H,29,32,34). The van der Waals surface area contributed by atoms with Crippen molar-refractivity contribution in [1.29, 1.82) is 0 Å². The molecule has 0 aliphatic carbocycles. The number of amides is 5. The molecule has 3 aliphatic rings. The lowest BCUT2D eigenvalue weighted by atomic mass is 10.0. The number of nitrogens with one attached hydrogen (secondary N) is 4. The molecule has 1 aromatic rings. The van der Waals surface area contributed by atoms with Crippen LogP contribution in [0.15, 0.2) is 18.2 Å². The minimum Gasteiger partial charge on any atom is -0.384 e. The number of hydrogen-bond acceptors (Lipinski definition) is 8. The Morgan fingerprint density at radius 3 is 2.47 bits per heavy atom. The minimum absolute atomic E-state index is 0.0942. The van der Waals surface area contributed by atoms with E-state index in [0.29, 0.717) is 18.8 Å². The fraction of sp³-hybridized carbons (Fsp3) is 0.560. The summed E-state index contributed by atoms with van der Waals surface area (Å²) in [7, 11) is 0. The predicted molar refractivity (Wildman–Crippen MR) is 132 cm³/mol. The number of anilines is 1. The lowest BCUT2D eigenvalue weighted by Gasteiger charge is -2.27. The topological polar surface area (TPSA) is 140 Å². The molecule has 11 heteroatoms.